The van der Waals surface area contributed by atoms with E-state index >= 15 is 0 Å². The molecular weight excluding hydrogens is 236 g/mol. The van der Waals surface area contributed by atoms with E-state index < -0.39 is 12.2 Å². The van der Waals surface area contributed by atoms with Gasteiger partial charge in [0.15, 0.2) is 6.10 Å². The second kappa shape index (κ2) is 7.50. The number of likely N-dealkylation sites (N-methyl/N-ethyl adjacent to an activating group) is 1. The van der Waals surface area contributed by atoms with E-state index in [2.05, 4.69) is 5.32 Å². The maximum Gasteiger partial charge on any atom is 0.405 e. The van der Waals surface area contributed by atoms with Crippen LogP contribution in [0.25, 0.3) is 0 Å². The predicted molar refractivity (Wildman–Crippen MR) is 65.8 cm³/mol. The highest BCUT2D eigenvalue weighted by Gasteiger charge is 2.18. The van der Waals surface area contributed by atoms with Gasteiger partial charge in [-0.25, -0.2) is 4.79 Å². The average Bonchev–Trinajstić information content (AvgIpc) is 2.37. The molecule has 0 aromatic rings. The minimum Gasteiger partial charge on any atom is -0.436 e. The zero-order valence-electron chi connectivity index (χ0n) is 10.3. The third-order valence-corrected chi connectivity index (χ3v) is 2.48. The van der Waals surface area contributed by atoms with Crippen molar-refractivity contribution < 1.29 is 19.1 Å². The Morgan fingerprint density at radius 3 is 3.00 bits per heavy atom. The van der Waals surface area contributed by atoms with E-state index in [4.69, 9.17) is 15.2 Å². The van der Waals surface area contributed by atoms with Crippen LogP contribution in [-0.2, 0) is 14.3 Å². The van der Waals surface area contributed by atoms with Crippen LogP contribution < -0.4 is 11.1 Å². The number of allylic oxidation sites excluding steroid dienone is 1. The van der Waals surface area contributed by atoms with Crippen molar-refractivity contribution >= 4 is 12.0 Å². The van der Waals surface area contributed by atoms with Gasteiger partial charge in [-0.1, -0.05) is 18.2 Å². The van der Waals surface area contributed by atoms with Crippen LogP contribution in [0.4, 0.5) is 4.79 Å². The second-order valence-electron chi connectivity index (χ2n) is 3.78. The molecule has 0 spiro atoms. The van der Waals surface area contributed by atoms with Crippen LogP contribution in [0.2, 0.25) is 0 Å². The van der Waals surface area contributed by atoms with Crippen molar-refractivity contribution in [3.8, 4) is 0 Å². The molecule has 1 atom stereocenters. The molecule has 6 heteroatoms. The Kier molecular flexibility index (Phi) is 5.93. The SMILES string of the molecule is CNC(=O)C(CC=CC1=CCOCC1)OC(N)=O. The van der Waals surface area contributed by atoms with Crippen LogP contribution in [0.15, 0.2) is 23.8 Å². The molecule has 0 aliphatic carbocycles. The van der Waals surface area contributed by atoms with Gasteiger partial charge in [0.2, 0.25) is 0 Å². The highest BCUT2D eigenvalue weighted by molar-refractivity contribution is 5.83. The summed E-state index contributed by atoms with van der Waals surface area (Å²) in [4.78, 5) is 22.1. The van der Waals surface area contributed by atoms with E-state index in [1.165, 1.54) is 7.05 Å². The van der Waals surface area contributed by atoms with Gasteiger partial charge in [0.25, 0.3) is 5.91 Å². The molecule has 0 bridgehead atoms. The minimum absolute atomic E-state index is 0.292. The fourth-order valence-electron chi connectivity index (χ4n) is 1.55. The van der Waals surface area contributed by atoms with Crippen molar-refractivity contribution in [2.24, 2.45) is 5.73 Å². The first kappa shape index (κ1) is 14.2. The molecule has 1 unspecified atom stereocenters. The Morgan fingerprint density at radius 1 is 1.67 bits per heavy atom. The van der Waals surface area contributed by atoms with Gasteiger partial charge >= 0.3 is 6.09 Å². The van der Waals surface area contributed by atoms with E-state index in [1.54, 1.807) is 6.08 Å². The van der Waals surface area contributed by atoms with E-state index in [0.29, 0.717) is 19.6 Å². The lowest BCUT2D eigenvalue weighted by Gasteiger charge is -2.13. The quantitative estimate of drug-likeness (QED) is 0.747. The number of nitrogens with one attached hydrogen (secondary N) is 1. The Bertz CT molecular complexity index is 363. The molecule has 1 rings (SSSR count). The van der Waals surface area contributed by atoms with Gasteiger partial charge in [-0.2, -0.15) is 0 Å². The first-order valence-electron chi connectivity index (χ1n) is 5.74. The summed E-state index contributed by atoms with van der Waals surface area (Å²) >= 11 is 0. The molecule has 0 fully saturated rings. The zero-order valence-corrected chi connectivity index (χ0v) is 10.3. The Labute approximate surface area is 106 Å². The monoisotopic (exact) mass is 254 g/mol. The summed E-state index contributed by atoms with van der Waals surface area (Å²) in [5.41, 5.74) is 6.06. The highest BCUT2D eigenvalue weighted by Crippen LogP contribution is 2.10. The topological polar surface area (TPSA) is 90.7 Å². The van der Waals surface area contributed by atoms with Gasteiger partial charge < -0.3 is 20.5 Å². The third-order valence-electron chi connectivity index (χ3n) is 2.48. The summed E-state index contributed by atoms with van der Waals surface area (Å²) in [7, 11) is 1.48. The van der Waals surface area contributed by atoms with Crippen molar-refractivity contribution in [3.63, 3.8) is 0 Å². The Balaban J connectivity index is 2.50. The Hall–Kier alpha value is -1.82. The number of hydrogen-bond donors (Lipinski definition) is 2. The lowest BCUT2D eigenvalue weighted by atomic mass is 10.1. The van der Waals surface area contributed by atoms with E-state index in [-0.39, 0.29) is 5.91 Å². The number of primary amides is 1. The van der Waals surface area contributed by atoms with Crippen LogP contribution in [0.5, 0.6) is 0 Å². The maximum atomic E-state index is 11.4. The summed E-state index contributed by atoms with van der Waals surface area (Å²) in [5.74, 6) is -0.376. The maximum absolute atomic E-state index is 11.4. The van der Waals surface area contributed by atoms with Crippen molar-refractivity contribution in [1.82, 2.24) is 5.32 Å². The molecule has 0 saturated carbocycles. The number of ether oxygens (including phenoxy) is 2. The molecule has 1 aliphatic rings. The normalized spacial score (nSPS) is 17.1. The van der Waals surface area contributed by atoms with Gasteiger partial charge in [-0.3, -0.25) is 4.79 Å². The molecule has 0 saturated heterocycles. The van der Waals surface area contributed by atoms with E-state index in [9.17, 15) is 9.59 Å². The molecule has 100 valence electrons. The van der Waals surface area contributed by atoms with Crippen molar-refractivity contribution in [2.75, 3.05) is 20.3 Å². The second-order valence-corrected chi connectivity index (χ2v) is 3.78. The number of nitrogens with two attached hydrogens (primary N) is 1. The van der Waals surface area contributed by atoms with E-state index in [0.717, 1.165) is 12.0 Å². The molecule has 0 aromatic heterocycles. The van der Waals surface area contributed by atoms with E-state index in [1.807, 2.05) is 12.2 Å². The largest absolute Gasteiger partial charge is 0.436 e. The molecule has 1 heterocycles. The molecule has 6 nitrogen and oxygen atoms in total. The lowest BCUT2D eigenvalue weighted by molar-refractivity contribution is -0.128. The summed E-state index contributed by atoms with van der Waals surface area (Å²) in [6, 6.07) is 0. The van der Waals surface area contributed by atoms with Crippen molar-refractivity contribution in [2.45, 2.75) is 18.9 Å². The van der Waals surface area contributed by atoms with Gasteiger partial charge in [-0.15, -0.1) is 0 Å². The van der Waals surface area contributed by atoms with Crippen LogP contribution >= 0.6 is 0 Å². The van der Waals surface area contributed by atoms with Crippen LogP contribution in [0, 0.1) is 0 Å². The summed E-state index contributed by atoms with van der Waals surface area (Å²) in [6.07, 6.45) is 4.97. The smallest absolute Gasteiger partial charge is 0.405 e. The number of carbonyl (C=O) groups excluding carboxylic acids is 2. The molecule has 0 radical (unpaired) electrons. The summed E-state index contributed by atoms with van der Waals surface area (Å²) in [5, 5.41) is 2.42. The first-order valence-corrected chi connectivity index (χ1v) is 5.74. The number of carbonyl (C=O) groups is 2. The molecule has 2 amide bonds. The van der Waals surface area contributed by atoms with Crippen molar-refractivity contribution in [1.29, 1.82) is 0 Å². The minimum atomic E-state index is -0.956. The highest BCUT2D eigenvalue weighted by atomic mass is 16.6. The average molecular weight is 254 g/mol. The van der Waals surface area contributed by atoms with Crippen LogP contribution in [0.1, 0.15) is 12.8 Å². The molecular formula is C12H18N2O4. The third kappa shape index (κ3) is 5.01. The van der Waals surface area contributed by atoms with Gasteiger partial charge in [0.05, 0.1) is 13.2 Å². The first-order chi connectivity index (χ1) is 8.63. The predicted octanol–water partition coefficient (Wildman–Crippen LogP) is 0.489. The summed E-state index contributed by atoms with van der Waals surface area (Å²) in [6.45, 7) is 1.31. The number of amides is 2. The fourth-order valence-corrected chi connectivity index (χ4v) is 1.55. The number of hydrogen-bond acceptors (Lipinski definition) is 4. The summed E-state index contributed by atoms with van der Waals surface area (Å²) < 4.78 is 9.90. The van der Waals surface area contributed by atoms with Crippen LogP contribution in [-0.4, -0.2) is 38.4 Å². The lowest BCUT2D eigenvalue weighted by Crippen LogP contribution is -2.36. The molecule has 18 heavy (non-hydrogen) atoms. The molecule has 3 N–H and O–H groups in total. The van der Waals surface area contributed by atoms with Crippen LogP contribution in [0.3, 0.4) is 0 Å². The van der Waals surface area contributed by atoms with Crippen molar-refractivity contribution in [3.05, 3.63) is 23.8 Å². The van der Waals surface area contributed by atoms with Gasteiger partial charge in [-0.05, 0) is 12.0 Å². The van der Waals surface area contributed by atoms with Gasteiger partial charge in [0.1, 0.15) is 0 Å². The van der Waals surface area contributed by atoms with Gasteiger partial charge in [0, 0.05) is 13.5 Å². The molecule has 1 aliphatic heterocycles. The Morgan fingerprint density at radius 2 is 2.44 bits per heavy atom. The zero-order chi connectivity index (χ0) is 13.4. The number of rotatable bonds is 5. The fraction of sp³-hybridized carbons (Fsp3) is 0.500. The molecule has 0 aromatic carbocycles. The standard InChI is InChI=1S/C12H18N2O4/c1-14-11(15)10(18-12(13)16)4-2-3-9-5-7-17-8-6-9/h2-3,5,10H,4,6-8H2,1H3,(H2,13,16)(H,14,15).